The first-order chi connectivity index (χ1) is 8.85. The van der Waals surface area contributed by atoms with Gasteiger partial charge in [0.15, 0.2) is 11.5 Å². The lowest BCUT2D eigenvalue weighted by molar-refractivity contribution is 0.287. The summed E-state index contributed by atoms with van der Waals surface area (Å²) in [7, 11) is 0. The van der Waals surface area contributed by atoms with Gasteiger partial charge < -0.3 is 9.47 Å². The zero-order valence-electron chi connectivity index (χ0n) is 11.0. The first-order valence-corrected chi connectivity index (χ1v) is 8.57. The van der Waals surface area contributed by atoms with E-state index in [4.69, 9.17) is 9.47 Å². The predicted molar refractivity (Wildman–Crippen MR) is 81.1 cm³/mol. The van der Waals surface area contributed by atoms with Gasteiger partial charge in [0.05, 0.1) is 17.8 Å². The maximum absolute atomic E-state index is 5.68. The number of rotatable bonds is 5. The van der Waals surface area contributed by atoms with Crippen LogP contribution in [-0.4, -0.2) is 24.7 Å². The van der Waals surface area contributed by atoms with Crippen molar-refractivity contribution in [3.05, 3.63) is 23.8 Å². The van der Waals surface area contributed by atoms with Crippen LogP contribution in [0.5, 0.6) is 11.5 Å². The van der Waals surface area contributed by atoms with E-state index in [2.05, 4.69) is 12.1 Å². The van der Waals surface area contributed by atoms with Crippen LogP contribution in [-0.2, 0) is 0 Å². The molecule has 0 amide bonds. The first-order valence-electron chi connectivity index (χ1n) is 6.48. The molecule has 2 rings (SSSR count). The molecule has 2 nitrogen and oxygen atoms in total. The van der Waals surface area contributed by atoms with Crippen molar-refractivity contribution in [2.75, 3.05) is 24.7 Å². The van der Waals surface area contributed by atoms with Crippen LogP contribution in [0.15, 0.2) is 18.2 Å². The van der Waals surface area contributed by atoms with Crippen LogP contribution < -0.4 is 9.47 Å². The van der Waals surface area contributed by atoms with Gasteiger partial charge in [-0.2, -0.15) is 0 Å². The van der Waals surface area contributed by atoms with Gasteiger partial charge in [0.2, 0.25) is 0 Å². The van der Waals surface area contributed by atoms with Gasteiger partial charge in [-0.05, 0) is 49.5 Å². The third-order valence-corrected chi connectivity index (χ3v) is 5.68. The molecule has 0 aromatic heterocycles. The van der Waals surface area contributed by atoms with Crippen LogP contribution in [0.4, 0.5) is 0 Å². The van der Waals surface area contributed by atoms with Crippen molar-refractivity contribution >= 4 is 23.5 Å². The maximum Gasteiger partial charge on any atom is 0.161 e. The molecule has 1 aliphatic heterocycles. The molecule has 1 aromatic rings. The quantitative estimate of drug-likeness (QED) is 0.799. The molecule has 1 saturated heterocycles. The zero-order chi connectivity index (χ0) is 12.8. The second kappa shape index (κ2) is 7.19. The summed E-state index contributed by atoms with van der Waals surface area (Å²) in [5, 5.41) is 0. The number of ether oxygens (including phenoxy) is 2. The van der Waals surface area contributed by atoms with Gasteiger partial charge in [0.1, 0.15) is 0 Å². The monoisotopic (exact) mass is 284 g/mol. The summed E-state index contributed by atoms with van der Waals surface area (Å²) in [5.41, 5.74) is 1.34. The van der Waals surface area contributed by atoms with E-state index in [0.717, 1.165) is 11.5 Å². The molecule has 1 fully saturated rings. The third-order valence-electron chi connectivity index (χ3n) is 2.67. The van der Waals surface area contributed by atoms with Gasteiger partial charge >= 0.3 is 0 Å². The van der Waals surface area contributed by atoms with E-state index in [1.165, 1.54) is 23.5 Å². The Morgan fingerprint density at radius 3 is 2.39 bits per heavy atom. The fourth-order valence-corrected chi connectivity index (χ4v) is 4.77. The summed E-state index contributed by atoms with van der Waals surface area (Å²) in [6, 6.07) is 6.35. The third kappa shape index (κ3) is 3.51. The normalized spacial score (nSPS) is 16.6. The van der Waals surface area contributed by atoms with Gasteiger partial charge in [0.25, 0.3) is 0 Å². The van der Waals surface area contributed by atoms with Crippen molar-refractivity contribution in [1.29, 1.82) is 0 Å². The van der Waals surface area contributed by atoms with Crippen molar-refractivity contribution in [3.63, 3.8) is 0 Å². The van der Waals surface area contributed by atoms with Gasteiger partial charge in [0, 0.05) is 0 Å². The molecule has 1 aromatic carbocycles. The molecule has 0 aliphatic carbocycles. The van der Waals surface area contributed by atoms with Crippen molar-refractivity contribution < 1.29 is 9.47 Å². The summed E-state index contributed by atoms with van der Waals surface area (Å²) < 4.78 is 11.8. The average molecular weight is 284 g/mol. The smallest absolute Gasteiger partial charge is 0.161 e. The Balaban J connectivity index is 2.18. The average Bonchev–Trinajstić information content (AvgIpc) is 2.42. The Hall–Kier alpha value is -0.480. The molecule has 0 spiro atoms. The van der Waals surface area contributed by atoms with Gasteiger partial charge in [-0.15, -0.1) is 23.5 Å². The van der Waals surface area contributed by atoms with Crippen molar-refractivity contribution in [1.82, 2.24) is 0 Å². The Kier molecular flexibility index (Phi) is 5.57. The molecule has 4 heteroatoms. The number of benzene rings is 1. The Labute approximate surface area is 118 Å². The Morgan fingerprint density at radius 1 is 1.06 bits per heavy atom. The van der Waals surface area contributed by atoms with E-state index in [0.29, 0.717) is 17.8 Å². The fraction of sp³-hybridized carbons (Fsp3) is 0.571. The molecule has 0 saturated carbocycles. The fourth-order valence-electron chi connectivity index (χ4n) is 1.89. The van der Waals surface area contributed by atoms with E-state index in [-0.39, 0.29) is 0 Å². The van der Waals surface area contributed by atoms with Gasteiger partial charge in [-0.1, -0.05) is 6.07 Å². The highest BCUT2D eigenvalue weighted by Gasteiger charge is 2.18. The highest BCUT2D eigenvalue weighted by atomic mass is 32.2. The summed E-state index contributed by atoms with van der Waals surface area (Å²) in [4.78, 5) is 0. The summed E-state index contributed by atoms with van der Waals surface area (Å²) in [5.74, 6) is 4.25. The molecular weight excluding hydrogens is 264 g/mol. The highest BCUT2D eigenvalue weighted by Crippen LogP contribution is 2.45. The van der Waals surface area contributed by atoms with Crippen LogP contribution in [0.3, 0.4) is 0 Å². The molecule has 100 valence electrons. The maximum atomic E-state index is 5.68. The molecule has 0 radical (unpaired) electrons. The summed E-state index contributed by atoms with van der Waals surface area (Å²) in [6.45, 7) is 5.35. The van der Waals surface area contributed by atoms with E-state index in [9.17, 15) is 0 Å². The van der Waals surface area contributed by atoms with Crippen LogP contribution >= 0.6 is 23.5 Å². The van der Waals surface area contributed by atoms with Gasteiger partial charge in [-0.3, -0.25) is 0 Å². The lowest BCUT2D eigenvalue weighted by atomic mass is 10.2. The standard InChI is InChI=1S/C14H20O2S2/c1-3-15-12-7-6-11(10-13(12)16-4-2)14-17-8-5-9-18-14/h6-7,10,14H,3-5,8-9H2,1-2H3. The largest absolute Gasteiger partial charge is 0.490 e. The Morgan fingerprint density at radius 2 is 1.72 bits per heavy atom. The minimum Gasteiger partial charge on any atom is -0.490 e. The second-order valence-electron chi connectivity index (χ2n) is 4.00. The van der Waals surface area contributed by atoms with Gasteiger partial charge in [-0.25, -0.2) is 0 Å². The van der Waals surface area contributed by atoms with E-state index in [1.807, 2.05) is 43.4 Å². The van der Waals surface area contributed by atoms with E-state index in [1.54, 1.807) is 0 Å². The lowest BCUT2D eigenvalue weighted by Gasteiger charge is -2.22. The number of hydrogen-bond acceptors (Lipinski definition) is 4. The number of thioether (sulfide) groups is 2. The molecule has 0 atom stereocenters. The van der Waals surface area contributed by atoms with Crippen molar-refractivity contribution in [3.8, 4) is 11.5 Å². The molecule has 1 heterocycles. The summed E-state index contributed by atoms with van der Waals surface area (Å²) >= 11 is 4.06. The molecule has 0 bridgehead atoms. The minimum atomic E-state index is 0.550. The summed E-state index contributed by atoms with van der Waals surface area (Å²) in [6.07, 6.45) is 1.32. The zero-order valence-corrected chi connectivity index (χ0v) is 12.6. The molecular formula is C14H20O2S2. The predicted octanol–water partition coefficient (Wildman–Crippen LogP) is 4.35. The van der Waals surface area contributed by atoms with Crippen molar-refractivity contribution in [2.45, 2.75) is 24.9 Å². The van der Waals surface area contributed by atoms with Crippen LogP contribution in [0.1, 0.15) is 30.4 Å². The highest BCUT2D eigenvalue weighted by molar-refractivity contribution is 8.16. The molecule has 0 unspecified atom stereocenters. The van der Waals surface area contributed by atoms with Crippen LogP contribution in [0.25, 0.3) is 0 Å². The minimum absolute atomic E-state index is 0.550. The lowest BCUT2D eigenvalue weighted by Crippen LogP contribution is -2.03. The topological polar surface area (TPSA) is 18.5 Å². The molecule has 0 N–H and O–H groups in total. The Bertz CT molecular complexity index is 376. The molecule has 18 heavy (non-hydrogen) atoms. The van der Waals surface area contributed by atoms with Crippen molar-refractivity contribution in [2.24, 2.45) is 0 Å². The van der Waals surface area contributed by atoms with E-state index >= 15 is 0 Å². The second-order valence-corrected chi connectivity index (χ2v) is 6.72. The van der Waals surface area contributed by atoms with Crippen LogP contribution in [0, 0.1) is 0 Å². The van der Waals surface area contributed by atoms with Crippen LogP contribution in [0.2, 0.25) is 0 Å². The SMILES string of the molecule is CCOc1ccc(C2SCCCS2)cc1OCC. The number of hydrogen-bond donors (Lipinski definition) is 0. The first kappa shape index (κ1) is 13.9. The van der Waals surface area contributed by atoms with E-state index < -0.39 is 0 Å². The molecule has 1 aliphatic rings.